The maximum atomic E-state index is 14.5. The van der Waals surface area contributed by atoms with Gasteiger partial charge in [0.05, 0.1) is 27.9 Å². The lowest BCUT2D eigenvalue weighted by Gasteiger charge is -2.14. The van der Waals surface area contributed by atoms with E-state index in [0.717, 1.165) is 11.0 Å². The quantitative estimate of drug-likeness (QED) is 0.445. The summed E-state index contributed by atoms with van der Waals surface area (Å²) in [5.41, 5.74) is 0.615. The van der Waals surface area contributed by atoms with E-state index < -0.39 is 23.4 Å². The van der Waals surface area contributed by atoms with Gasteiger partial charge in [-0.2, -0.15) is 5.10 Å². The lowest BCUT2D eigenvalue weighted by atomic mass is 10.1. The number of fused-ring (bicyclic) bond motifs is 3. The van der Waals surface area contributed by atoms with Gasteiger partial charge in [-0.3, -0.25) is 9.59 Å². The predicted octanol–water partition coefficient (Wildman–Crippen LogP) is 4.46. The first kappa shape index (κ1) is 18.4. The van der Waals surface area contributed by atoms with E-state index in [4.69, 9.17) is 11.6 Å². The van der Waals surface area contributed by atoms with E-state index in [1.165, 1.54) is 47.3 Å². The first-order valence-electron chi connectivity index (χ1n) is 8.85. The molecule has 0 fully saturated rings. The molecule has 0 aliphatic carbocycles. The van der Waals surface area contributed by atoms with Crippen LogP contribution in [0.2, 0.25) is 5.02 Å². The Hall–Kier alpha value is -3.65. The molecule has 2 amide bonds. The molecule has 0 radical (unpaired) electrons. The van der Waals surface area contributed by atoms with Crippen LogP contribution in [0.5, 0.6) is 0 Å². The second kappa shape index (κ2) is 6.43. The zero-order valence-electron chi connectivity index (χ0n) is 15.4. The Labute approximate surface area is 173 Å². The Morgan fingerprint density at radius 2 is 1.73 bits per heavy atom. The average Bonchev–Trinajstić information content (AvgIpc) is 3.17. The standard InChI is InChI=1S/C21H11ClF2N4O2/c1-10-17-18-12(20(29)27(21(18)30)15-5-3-2-4-13(15)23)9-25-19(17)28(26-10)16-7-6-11(22)8-14(16)24/h2-9H,1H3. The molecular weight excluding hydrogens is 414 g/mol. The van der Waals surface area contributed by atoms with Gasteiger partial charge in [0.25, 0.3) is 11.8 Å². The average molecular weight is 425 g/mol. The molecule has 0 saturated heterocycles. The number of para-hydroxylation sites is 1. The molecule has 1 aliphatic rings. The number of halogens is 3. The predicted molar refractivity (Wildman–Crippen MR) is 106 cm³/mol. The van der Waals surface area contributed by atoms with Crippen LogP contribution in [-0.2, 0) is 0 Å². The minimum absolute atomic E-state index is 0.0370. The summed E-state index contributed by atoms with van der Waals surface area (Å²) >= 11 is 5.82. The fourth-order valence-electron chi connectivity index (χ4n) is 3.63. The summed E-state index contributed by atoms with van der Waals surface area (Å²) in [6.45, 7) is 1.62. The van der Waals surface area contributed by atoms with E-state index in [0.29, 0.717) is 11.1 Å². The Morgan fingerprint density at radius 3 is 2.47 bits per heavy atom. The summed E-state index contributed by atoms with van der Waals surface area (Å²) < 4.78 is 30.0. The number of carbonyl (C=O) groups excluding carboxylic acids is 2. The summed E-state index contributed by atoms with van der Waals surface area (Å²) in [7, 11) is 0. The number of aromatic nitrogens is 3. The van der Waals surface area contributed by atoms with E-state index in [2.05, 4.69) is 10.1 Å². The van der Waals surface area contributed by atoms with Crippen LogP contribution in [0.4, 0.5) is 14.5 Å². The van der Waals surface area contributed by atoms with Gasteiger partial charge in [0.15, 0.2) is 5.65 Å². The molecule has 0 unspecified atom stereocenters. The molecule has 6 nitrogen and oxygen atoms in total. The number of benzene rings is 2. The molecule has 0 spiro atoms. The molecule has 1 aliphatic heterocycles. The van der Waals surface area contributed by atoms with Crippen molar-refractivity contribution in [2.45, 2.75) is 6.92 Å². The molecule has 0 saturated carbocycles. The van der Waals surface area contributed by atoms with Crippen LogP contribution in [0.3, 0.4) is 0 Å². The number of aryl methyl sites for hydroxylation is 1. The van der Waals surface area contributed by atoms with E-state index in [9.17, 15) is 18.4 Å². The minimum Gasteiger partial charge on any atom is -0.268 e. The van der Waals surface area contributed by atoms with Gasteiger partial charge in [-0.05, 0) is 37.3 Å². The number of hydrogen-bond donors (Lipinski definition) is 0. The van der Waals surface area contributed by atoms with Crippen LogP contribution in [0, 0.1) is 18.6 Å². The van der Waals surface area contributed by atoms with Gasteiger partial charge in [-0.15, -0.1) is 0 Å². The third-order valence-electron chi connectivity index (χ3n) is 4.95. The molecule has 9 heteroatoms. The molecular formula is C21H11ClF2N4O2. The highest BCUT2D eigenvalue weighted by molar-refractivity contribution is 6.37. The number of pyridine rings is 1. The van der Waals surface area contributed by atoms with Crippen LogP contribution < -0.4 is 4.90 Å². The van der Waals surface area contributed by atoms with E-state index in [-0.39, 0.29) is 33.2 Å². The first-order valence-corrected chi connectivity index (χ1v) is 9.23. The summed E-state index contributed by atoms with van der Waals surface area (Å²) in [4.78, 5) is 31.1. The van der Waals surface area contributed by atoms with E-state index >= 15 is 0 Å². The highest BCUT2D eigenvalue weighted by Crippen LogP contribution is 2.35. The molecule has 4 aromatic rings. The Balaban J connectivity index is 1.74. The highest BCUT2D eigenvalue weighted by Gasteiger charge is 2.41. The number of imide groups is 1. The van der Waals surface area contributed by atoms with Crippen LogP contribution in [0.25, 0.3) is 16.7 Å². The summed E-state index contributed by atoms with van der Waals surface area (Å²) in [6, 6.07) is 9.60. The molecule has 5 rings (SSSR count). The smallest absolute Gasteiger partial charge is 0.267 e. The number of anilines is 1. The SMILES string of the molecule is Cc1nn(-c2ccc(Cl)cc2F)c2ncc3c(c12)C(=O)N(c1ccccc1F)C3=O. The van der Waals surface area contributed by atoms with Gasteiger partial charge >= 0.3 is 0 Å². The number of rotatable bonds is 2. The monoisotopic (exact) mass is 424 g/mol. The van der Waals surface area contributed by atoms with Gasteiger partial charge in [0, 0.05) is 11.2 Å². The fraction of sp³-hybridized carbons (Fsp3) is 0.0476. The van der Waals surface area contributed by atoms with E-state index in [1.54, 1.807) is 6.92 Å². The first-order chi connectivity index (χ1) is 14.4. The summed E-state index contributed by atoms with van der Waals surface area (Å²) in [6.07, 6.45) is 1.23. The fourth-order valence-corrected chi connectivity index (χ4v) is 3.79. The van der Waals surface area contributed by atoms with Crippen molar-refractivity contribution in [2.24, 2.45) is 0 Å². The molecule has 0 N–H and O–H groups in total. The van der Waals surface area contributed by atoms with Crippen molar-refractivity contribution in [1.29, 1.82) is 0 Å². The second-order valence-electron chi connectivity index (χ2n) is 6.74. The normalized spacial score (nSPS) is 13.4. The number of carbonyl (C=O) groups is 2. The number of hydrogen-bond acceptors (Lipinski definition) is 4. The molecule has 148 valence electrons. The molecule has 0 atom stereocenters. The van der Waals surface area contributed by atoms with Crippen molar-refractivity contribution in [3.8, 4) is 5.69 Å². The zero-order chi connectivity index (χ0) is 21.2. The van der Waals surface area contributed by atoms with Crippen molar-refractivity contribution in [1.82, 2.24) is 14.8 Å². The van der Waals surface area contributed by atoms with Crippen LogP contribution in [-0.4, -0.2) is 26.6 Å². The summed E-state index contributed by atoms with van der Waals surface area (Å²) in [5.74, 6) is -2.69. The topological polar surface area (TPSA) is 68.1 Å². The Morgan fingerprint density at radius 1 is 0.967 bits per heavy atom. The zero-order valence-corrected chi connectivity index (χ0v) is 16.1. The van der Waals surface area contributed by atoms with Crippen molar-refractivity contribution in [3.05, 3.63) is 82.1 Å². The van der Waals surface area contributed by atoms with Crippen LogP contribution >= 0.6 is 11.6 Å². The third-order valence-corrected chi connectivity index (χ3v) is 5.19. The lowest BCUT2D eigenvalue weighted by Crippen LogP contribution is -2.30. The Bertz CT molecular complexity index is 1400. The molecule has 2 aromatic heterocycles. The second-order valence-corrected chi connectivity index (χ2v) is 7.17. The Kier molecular flexibility index (Phi) is 3.94. The van der Waals surface area contributed by atoms with Crippen molar-refractivity contribution >= 4 is 40.1 Å². The van der Waals surface area contributed by atoms with Gasteiger partial charge in [0.1, 0.15) is 17.3 Å². The minimum atomic E-state index is -0.702. The van der Waals surface area contributed by atoms with Crippen LogP contribution in [0.1, 0.15) is 26.4 Å². The highest BCUT2D eigenvalue weighted by atomic mass is 35.5. The molecule has 30 heavy (non-hydrogen) atoms. The van der Waals surface area contributed by atoms with Crippen molar-refractivity contribution in [2.75, 3.05) is 4.90 Å². The van der Waals surface area contributed by atoms with Gasteiger partial charge < -0.3 is 0 Å². The van der Waals surface area contributed by atoms with Gasteiger partial charge in [-0.1, -0.05) is 23.7 Å². The number of nitrogens with zero attached hydrogens (tertiary/aromatic N) is 4. The molecule has 3 heterocycles. The van der Waals surface area contributed by atoms with Gasteiger partial charge in [0.2, 0.25) is 0 Å². The van der Waals surface area contributed by atoms with Crippen molar-refractivity contribution in [3.63, 3.8) is 0 Å². The number of amides is 2. The molecule has 2 aromatic carbocycles. The third kappa shape index (κ3) is 2.47. The van der Waals surface area contributed by atoms with Gasteiger partial charge in [-0.25, -0.2) is 23.3 Å². The maximum Gasteiger partial charge on any atom is 0.267 e. The lowest BCUT2D eigenvalue weighted by molar-refractivity contribution is 0.0925. The van der Waals surface area contributed by atoms with Crippen molar-refractivity contribution < 1.29 is 18.4 Å². The van der Waals surface area contributed by atoms with Crippen LogP contribution in [0.15, 0.2) is 48.7 Å². The summed E-state index contributed by atoms with van der Waals surface area (Å²) in [5, 5.41) is 4.84. The van der Waals surface area contributed by atoms with E-state index in [1.807, 2.05) is 0 Å². The maximum absolute atomic E-state index is 14.5. The molecule has 0 bridgehead atoms. The largest absolute Gasteiger partial charge is 0.268 e.